The van der Waals surface area contributed by atoms with Crippen molar-refractivity contribution in [3.05, 3.63) is 34.9 Å². The van der Waals surface area contributed by atoms with Gasteiger partial charge in [0.15, 0.2) is 11.6 Å². The topological polar surface area (TPSA) is 94.8 Å². The molecule has 1 aromatic rings. The molecule has 3 N–H and O–H groups in total. The smallest absolute Gasteiger partial charge is 0.193 e. The average Bonchev–Trinajstić information content (AvgIpc) is 2.46. The summed E-state index contributed by atoms with van der Waals surface area (Å²) in [5.74, 6) is -1.34. The fourth-order valence-corrected chi connectivity index (χ4v) is 2.43. The first-order valence-electron chi connectivity index (χ1n) is 6.91. The Bertz CT molecular complexity index is 615. The Morgan fingerprint density at radius 2 is 1.71 bits per heavy atom. The van der Waals surface area contributed by atoms with Gasteiger partial charge in [-0.2, -0.15) is 0 Å². The molecule has 1 atom stereocenters. The molecule has 0 fully saturated rings. The van der Waals surface area contributed by atoms with Crippen LogP contribution in [0.25, 0.3) is 0 Å². The second-order valence-electron chi connectivity index (χ2n) is 5.40. The predicted octanol–water partition coefficient (Wildman–Crippen LogP) is 2.20. The molecule has 112 valence electrons. The monoisotopic (exact) mass is 290 g/mol. The van der Waals surface area contributed by atoms with Crippen molar-refractivity contribution in [1.29, 1.82) is 0 Å². The molecule has 0 heterocycles. The van der Waals surface area contributed by atoms with Gasteiger partial charge in [0, 0.05) is 12.2 Å². The summed E-state index contributed by atoms with van der Waals surface area (Å²) in [4.78, 5) is 24.4. The molecule has 1 aliphatic rings. The highest BCUT2D eigenvalue weighted by Gasteiger charge is 2.30. The number of carbonyl (C=O) groups excluding carboxylic acids is 2. The van der Waals surface area contributed by atoms with Gasteiger partial charge in [-0.05, 0) is 43.4 Å². The highest BCUT2D eigenvalue weighted by molar-refractivity contribution is 6.26. The number of aliphatic hydroxyl groups is 1. The average molecular weight is 290 g/mol. The van der Waals surface area contributed by atoms with E-state index in [1.807, 2.05) is 6.92 Å². The van der Waals surface area contributed by atoms with E-state index >= 15 is 0 Å². The number of aliphatic hydroxyl groups excluding tert-OH is 1. The molecule has 1 aliphatic carbocycles. The molecular formula is C16H18O5. The number of benzene rings is 1. The van der Waals surface area contributed by atoms with Gasteiger partial charge in [0.05, 0.1) is 11.1 Å². The van der Waals surface area contributed by atoms with E-state index in [2.05, 4.69) is 0 Å². The summed E-state index contributed by atoms with van der Waals surface area (Å²) in [6, 6.07) is 2.40. The number of aromatic hydroxyl groups is 2. The Balaban J connectivity index is 2.23. The van der Waals surface area contributed by atoms with Gasteiger partial charge in [0.1, 0.15) is 11.5 Å². The van der Waals surface area contributed by atoms with Crippen molar-refractivity contribution in [3.63, 3.8) is 0 Å². The summed E-state index contributed by atoms with van der Waals surface area (Å²) >= 11 is 0. The van der Waals surface area contributed by atoms with Crippen LogP contribution >= 0.6 is 0 Å². The molecule has 5 heteroatoms. The van der Waals surface area contributed by atoms with E-state index in [1.165, 1.54) is 18.2 Å². The van der Waals surface area contributed by atoms with Gasteiger partial charge in [0.2, 0.25) is 0 Å². The molecule has 0 aliphatic heterocycles. The first-order chi connectivity index (χ1) is 9.95. The Kier molecular flexibility index (Phi) is 4.43. The van der Waals surface area contributed by atoms with Gasteiger partial charge in [-0.3, -0.25) is 9.59 Å². The van der Waals surface area contributed by atoms with E-state index in [1.54, 1.807) is 0 Å². The molecule has 0 saturated heterocycles. The van der Waals surface area contributed by atoms with Crippen molar-refractivity contribution in [2.24, 2.45) is 5.92 Å². The second-order valence-corrected chi connectivity index (χ2v) is 5.40. The lowest BCUT2D eigenvalue weighted by molar-refractivity contribution is 0.0976. The van der Waals surface area contributed by atoms with Gasteiger partial charge in [-0.25, -0.2) is 0 Å². The molecule has 2 rings (SSSR count). The SMILES string of the molecule is CC(CO)CCCC1=CC(=O)c2c(O)ccc(O)c2C1=O. The number of phenols is 2. The third kappa shape index (κ3) is 2.97. The number of hydrogen-bond acceptors (Lipinski definition) is 5. The lowest BCUT2D eigenvalue weighted by atomic mass is 9.85. The van der Waals surface area contributed by atoms with Gasteiger partial charge in [0.25, 0.3) is 0 Å². The van der Waals surface area contributed by atoms with Crippen molar-refractivity contribution < 1.29 is 24.9 Å². The Labute approximate surface area is 122 Å². The van der Waals surface area contributed by atoms with Crippen LogP contribution < -0.4 is 0 Å². The van der Waals surface area contributed by atoms with Gasteiger partial charge in [-0.15, -0.1) is 0 Å². The number of allylic oxidation sites excluding steroid dienone is 2. The number of rotatable bonds is 5. The molecule has 0 spiro atoms. The normalized spacial score (nSPS) is 15.6. The Morgan fingerprint density at radius 1 is 1.10 bits per heavy atom. The Hall–Kier alpha value is -2.14. The van der Waals surface area contributed by atoms with Gasteiger partial charge >= 0.3 is 0 Å². The molecule has 0 bridgehead atoms. The third-order valence-electron chi connectivity index (χ3n) is 3.69. The summed E-state index contributed by atoms with van der Waals surface area (Å²) in [7, 11) is 0. The van der Waals surface area contributed by atoms with Crippen LogP contribution in [-0.2, 0) is 0 Å². The number of hydrogen-bond donors (Lipinski definition) is 3. The molecule has 0 saturated carbocycles. The van der Waals surface area contributed by atoms with Crippen molar-refractivity contribution in [3.8, 4) is 11.5 Å². The third-order valence-corrected chi connectivity index (χ3v) is 3.69. The highest BCUT2D eigenvalue weighted by atomic mass is 16.3. The summed E-state index contributed by atoms with van der Waals surface area (Å²) < 4.78 is 0. The minimum absolute atomic E-state index is 0.0867. The molecule has 1 aromatic carbocycles. The maximum atomic E-state index is 12.3. The number of fused-ring (bicyclic) bond motifs is 1. The predicted molar refractivity (Wildman–Crippen MR) is 76.6 cm³/mol. The van der Waals surface area contributed by atoms with E-state index in [4.69, 9.17) is 5.11 Å². The standard InChI is InChI=1S/C16H18O5/c1-9(8-17)3-2-4-10-7-13(20)14-11(18)5-6-12(19)15(14)16(10)21/h5-7,9,17-19H,2-4,8H2,1H3. The highest BCUT2D eigenvalue weighted by Crippen LogP contribution is 2.35. The van der Waals surface area contributed by atoms with Crippen molar-refractivity contribution >= 4 is 11.6 Å². The number of carbonyl (C=O) groups is 2. The number of ketones is 2. The molecule has 0 radical (unpaired) electrons. The molecule has 0 amide bonds. The van der Waals surface area contributed by atoms with E-state index in [0.29, 0.717) is 18.4 Å². The zero-order valence-electron chi connectivity index (χ0n) is 11.8. The lowest BCUT2D eigenvalue weighted by Crippen LogP contribution is -2.17. The molecule has 5 nitrogen and oxygen atoms in total. The van der Waals surface area contributed by atoms with Gasteiger partial charge < -0.3 is 15.3 Å². The molecule has 21 heavy (non-hydrogen) atoms. The van der Waals surface area contributed by atoms with Crippen LogP contribution in [0.15, 0.2) is 23.8 Å². The maximum absolute atomic E-state index is 12.3. The van der Waals surface area contributed by atoms with Crippen molar-refractivity contribution in [1.82, 2.24) is 0 Å². The molecular weight excluding hydrogens is 272 g/mol. The largest absolute Gasteiger partial charge is 0.507 e. The second kappa shape index (κ2) is 6.10. The van der Waals surface area contributed by atoms with E-state index in [9.17, 15) is 19.8 Å². The zero-order chi connectivity index (χ0) is 15.6. The van der Waals surface area contributed by atoms with Gasteiger partial charge in [-0.1, -0.05) is 6.92 Å². The van der Waals surface area contributed by atoms with Crippen LogP contribution in [-0.4, -0.2) is 33.5 Å². The van der Waals surface area contributed by atoms with Crippen LogP contribution in [0.2, 0.25) is 0 Å². The van der Waals surface area contributed by atoms with E-state index in [0.717, 1.165) is 6.42 Å². The fourth-order valence-electron chi connectivity index (χ4n) is 2.43. The molecule has 1 unspecified atom stereocenters. The van der Waals surface area contributed by atoms with Crippen LogP contribution in [0, 0.1) is 5.92 Å². The van der Waals surface area contributed by atoms with Crippen LogP contribution in [0.3, 0.4) is 0 Å². The maximum Gasteiger partial charge on any atom is 0.193 e. The first-order valence-corrected chi connectivity index (χ1v) is 6.91. The van der Waals surface area contributed by atoms with Crippen LogP contribution in [0.4, 0.5) is 0 Å². The van der Waals surface area contributed by atoms with Crippen molar-refractivity contribution in [2.75, 3.05) is 6.61 Å². The summed E-state index contributed by atoms with van der Waals surface area (Å²) in [6.07, 6.45) is 3.05. The zero-order valence-corrected chi connectivity index (χ0v) is 11.8. The first kappa shape index (κ1) is 15.3. The quantitative estimate of drug-likeness (QED) is 0.723. The summed E-state index contributed by atoms with van der Waals surface area (Å²) in [6.45, 7) is 1.99. The minimum Gasteiger partial charge on any atom is -0.507 e. The fraction of sp³-hybridized carbons (Fsp3) is 0.375. The minimum atomic E-state index is -0.469. The molecule has 0 aromatic heterocycles. The summed E-state index contributed by atoms with van der Waals surface area (Å²) in [5.41, 5.74) is 0.0822. The van der Waals surface area contributed by atoms with E-state index in [-0.39, 0.29) is 35.2 Å². The lowest BCUT2D eigenvalue weighted by Gasteiger charge is -2.17. The number of phenolic OH excluding ortho intramolecular Hbond substituents is 2. The van der Waals surface area contributed by atoms with Crippen LogP contribution in [0.1, 0.15) is 46.9 Å². The van der Waals surface area contributed by atoms with Crippen molar-refractivity contribution in [2.45, 2.75) is 26.2 Å². The number of Topliss-reactive ketones (excluding diaryl/α,β-unsaturated/α-hetero) is 1. The Morgan fingerprint density at radius 3 is 2.33 bits per heavy atom. The van der Waals surface area contributed by atoms with Crippen LogP contribution in [0.5, 0.6) is 11.5 Å². The summed E-state index contributed by atoms with van der Waals surface area (Å²) in [5, 5.41) is 28.5. The van der Waals surface area contributed by atoms with E-state index < -0.39 is 11.6 Å².